The van der Waals surface area contributed by atoms with Crippen molar-refractivity contribution in [1.29, 1.82) is 0 Å². The van der Waals surface area contributed by atoms with Crippen LogP contribution in [0.15, 0.2) is 53.7 Å². The second-order valence-corrected chi connectivity index (χ2v) is 3.83. The van der Waals surface area contributed by atoms with Crippen molar-refractivity contribution >= 4 is 17.5 Å². The summed E-state index contributed by atoms with van der Waals surface area (Å²) < 4.78 is 0. The molecule has 0 saturated heterocycles. The van der Waals surface area contributed by atoms with Crippen LogP contribution >= 0.6 is 0 Å². The molecule has 0 bridgehead atoms. The maximum atomic E-state index is 11.6. The molecule has 0 amide bonds. The van der Waals surface area contributed by atoms with Crippen LogP contribution in [0.4, 0.5) is 0 Å². The molecular weight excluding hydrogens is 230 g/mol. The molecule has 0 aromatic heterocycles. The quantitative estimate of drug-likeness (QED) is 0.453. The predicted molar refractivity (Wildman–Crippen MR) is 67.3 cm³/mol. The van der Waals surface area contributed by atoms with E-state index < -0.39 is 5.97 Å². The van der Waals surface area contributed by atoms with Crippen LogP contribution in [0.3, 0.4) is 0 Å². The molecule has 0 saturated carbocycles. The fourth-order valence-electron chi connectivity index (χ4n) is 1.34. The highest BCUT2D eigenvalue weighted by Crippen LogP contribution is 2.05. The van der Waals surface area contributed by atoms with Crippen LogP contribution in [-0.2, 0) is 9.63 Å². The Morgan fingerprint density at radius 2 is 1.67 bits per heavy atom. The van der Waals surface area contributed by atoms with Crippen LogP contribution in [0.5, 0.6) is 0 Å². The Morgan fingerprint density at radius 3 is 2.28 bits per heavy atom. The molecule has 2 rings (SSSR count). The zero-order valence-corrected chi connectivity index (χ0v) is 9.79. The average molecular weight is 241 g/mol. The van der Waals surface area contributed by atoms with Gasteiger partial charge in [0.15, 0.2) is 5.78 Å². The van der Waals surface area contributed by atoms with Crippen LogP contribution < -0.4 is 0 Å². The molecule has 1 aliphatic carbocycles. The van der Waals surface area contributed by atoms with Gasteiger partial charge in [-0.05, 0) is 43.4 Å². The highest BCUT2D eigenvalue weighted by Gasteiger charge is 2.07. The molecule has 4 nitrogen and oxygen atoms in total. The van der Waals surface area contributed by atoms with E-state index in [1.807, 2.05) is 19.1 Å². The summed E-state index contributed by atoms with van der Waals surface area (Å²) in [6, 6.07) is 6.99. The van der Waals surface area contributed by atoms with Crippen LogP contribution in [0, 0.1) is 6.92 Å². The Morgan fingerprint density at radius 1 is 1.06 bits per heavy atom. The summed E-state index contributed by atoms with van der Waals surface area (Å²) in [5.41, 5.74) is 1.93. The molecule has 1 aliphatic rings. The third-order valence-corrected chi connectivity index (χ3v) is 2.36. The number of hydrogen-bond acceptors (Lipinski definition) is 4. The van der Waals surface area contributed by atoms with Gasteiger partial charge in [0.25, 0.3) is 0 Å². The number of carbonyl (C=O) groups is 2. The molecule has 0 aliphatic heterocycles. The molecule has 0 heterocycles. The van der Waals surface area contributed by atoms with Gasteiger partial charge in [-0.25, -0.2) is 4.79 Å². The van der Waals surface area contributed by atoms with Gasteiger partial charge in [-0.3, -0.25) is 4.79 Å². The zero-order chi connectivity index (χ0) is 13.0. The van der Waals surface area contributed by atoms with E-state index in [4.69, 9.17) is 4.84 Å². The van der Waals surface area contributed by atoms with Gasteiger partial charge in [-0.2, -0.15) is 0 Å². The van der Waals surface area contributed by atoms with Crippen molar-refractivity contribution in [3.63, 3.8) is 0 Å². The fourth-order valence-corrected chi connectivity index (χ4v) is 1.34. The SMILES string of the molecule is Cc1ccc(C(=O)ON=C2C=CC(=O)C=C2)cc1. The summed E-state index contributed by atoms with van der Waals surface area (Å²) in [7, 11) is 0. The maximum absolute atomic E-state index is 11.6. The standard InChI is InChI=1S/C14H11NO3/c1-10-2-4-11(5-3-10)14(17)18-15-12-6-8-13(16)9-7-12/h2-9H,1H3. The second-order valence-electron chi connectivity index (χ2n) is 3.83. The normalized spacial score (nSPS) is 13.6. The van der Waals surface area contributed by atoms with Crippen LogP contribution in [0.25, 0.3) is 0 Å². The van der Waals surface area contributed by atoms with E-state index in [0.29, 0.717) is 11.3 Å². The Kier molecular flexibility index (Phi) is 3.48. The van der Waals surface area contributed by atoms with Gasteiger partial charge < -0.3 is 4.84 Å². The molecule has 1 aromatic rings. The first-order valence-electron chi connectivity index (χ1n) is 5.41. The molecular formula is C14H11NO3. The van der Waals surface area contributed by atoms with Gasteiger partial charge in [0, 0.05) is 0 Å². The van der Waals surface area contributed by atoms with E-state index in [1.54, 1.807) is 12.1 Å². The molecule has 0 unspecified atom stereocenters. The van der Waals surface area contributed by atoms with E-state index in [-0.39, 0.29) is 5.78 Å². The fraction of sp³-hybridized carbons (Fsp3) is 0.0714. The first kappa shape index (κ1) is 12.0. The summed E-state index contributed by atoms with van der Waals surface area (Å²) in [6.07, 6.45) is 5.70. The third kappa shape index (κ3) is 3.01. The van der Waals surface area contributed by atoms with Crippen molar-refractivity contribution in [2.75, 3.05) is 0 Å². The molecule has 18 heavy (non-hydrogen) atoms. The average Bonchev–Trinajstić information content (AvgIpc) is 2.38. The Bertz CT molecular complexity index is 547. The van der Waals surface area contributed by atoms with E-state index in [1.165, 1.54) is 24.3 Å². The third-order valence-electron chi connectivity index (χ3n) is 2.36. The predicted octanol–water partition coefficient (Wildman–Crippen LogP) is 2.20. The summed E-state index contributed by atoms with van der Waals surface area (Å²) >= 11 is 0. The molecule has 90 valence electrons. The minimum Gasteiger partial charge on any atom is -0.312 e. The van der Waals surface area contributed by atoms with Crippen LogP contribution in [0.1, 0.15) is 15.9 Å². The highest BCUT2D eigenvalue weighted by atomic mass is 16.7. The van der Waals surface area contributed by atoms with E-state index in [0.717, 1.165) is 5.56 Å². The van der Waals surface area contributed by atoms with Crippen molar-refractivity contribution in [3.05, 3.63) is 59.7 Å². The summed E-state index contributed by atoms with van der Waals surface area (Å²) in [5.74, 6) is -0.639. The Hall–Kier alpha value is -2.49. The van der Waals surface area contributed by atoms with Gasteiger partial charge in [-0.1, -0.05) is 22.9 Å². The van der Waals surface area contributed by atoms with Crippen LogP contribution in [-0.4, -0.2) is 17.5 Å². The number of hydrogen-bond donors (Lipinski definition) is 0. The van der Waals surface area contributed by atoms with E-state index >= 15 is 0 Å². The van der Waals surface area contributed by atoms with Gasteiger partial charge in [0.05, 0.1) is 5.56 Å². The Balaban J connectivity index is 2.02. The number of oxime groups is 1. The summed E-state index contributed by atoms with van der Waals surface area (Å²) in [4.78, 5) is 27.3. The number of nitrogens with zero attached hydrogens (tertiary/aromatic N) is 1. The van der Waals surface area contributed by atoms with Crippen molar-refractivity contribution in [2.24, 2.45) is 5.16 Å². The smallest absolute Gasteiger partial charge is 0.312 e. The van der Waals surface area contributed by atoms with Gasteiger partial charge in [0.1, 0.15) is 5.71 Å². The summed E-state index contributed by atoms with van der Waals surface area (Å²) in [6.45, 7) is 1.93. The van der Waals surface area contributed by atoms with Crippen molar-refractivity contribution < 1.29 is 14.4 Å². The van der Waals surface area contributed by atoms with Crippen molar-refractivity contribution in [3.8, 4) is 0 Å². The largest absolute Gasteiger partial charge is 0.365 e. The second kappa shape index (κ2) is 5.23. The minimum atomic E-state index is -0.527. The maximum Gasteiger partial charge on any atom is 0.365 e. The lowest BCUT2D eigenvalue weighted by atomic mass is 10.1. The lowest BCUT2D eigenvalue weighted by molar-refractivity contribution is -0.110. The minimum absolute atomic E-state index is 0.112. The van der Waals surface area contributed by atoms with E-state index in [9.17, 15) is 9.59 Å². The Labute approximate surface area is 104 Å². The van der Waals surface area contributed by atoms with Crippen molar-refractivity contribution in [2.45, 2.75) is 6.92 Å². The van der Waals surface area contributed by atoms with Crippen LogP contribution in [0.2, 0.25) is 0 Å². The zero-order valence-electron chi connectivity index (χ0n) is 9.79. The topological polar surface area (TPSA) is 55.7 Å². The molecule has 0 fully saturated rings. The molecule has 0 N–H and O–H groups in total. The molecule has 0 spiro atoms. The number of benzene rings is 1. The number of carbonyl (C=O) groups excluding carboxylic acids is 2. The highest BCUT2D eigenvalue weighted by molar-refractivity contribution is 6.16. The number of ketones is 1. The number of rotatable bonds is 2. The van der Waals surface area contributed by atoms with Gasteiger partial charge in [0.2, 0.25) is 0 Å². The number of allylic oxidation sites excluding steroid dienone is 4. The molecule has 0 radical (unpaired) electrons. The first-order valence-corrected chi connectivity index (χ1v) is 5.41. The van der Waals surface area contributed by atoms with Gasteiger partial charge in [-0.15, -0.1) is 0 Å². The van der Waals surface area contributed by atoms with Crippen molar-refractivity contribution in [1.82, 2.24) is 0 Å². The first-order chi connectivity index (χ1) is 8.65. The van der Waals surface area contributed by atoms with Gasteiger partial charge >= 0.3 is 5.97 Å². The molecule has 1 aromatic carbocycles. The van der Waals surface area contributed by atoms with E-state index in [2.05, 4.69) is 5.16 Å². The lowest BCUT2D eigenvalue weighted by Crippen LogP contribution is -2.04. The molecule has 4 heteroatoms. The summed E-state index contributed by atoms with van der Waals surface area (Å²) in [5, 5.41) is 3.66. The monoisotopic (exact) mass is 241 g/mol. The molecule has 0 atom stereocenters. The number of aryl methyl sites for hydroxylation is 1. The lowest BCUT2D eigenvalue weighted by Gasteiger charge is -2.00.